The van der Waals surface area contributed by atoms with Crippen molar-refractivity contribution in [2.75, 3.05) is 17.2 Å². The van der Waals surface area contributed by atoms with Gasteiger partial charge in [-0.1, -0.05) is 158 Å². The third-order valence-electron chi connectivity index (χ3n) is 13.2. The second-order valence-corrected chi connectivity index (χ2v) is 17.2. The largest absolute Gasteiger partial charge is 0.398 e. The van der Waals surface area contributed by atoms with Crippen LogP contribution in [0.2, 0.25) is 0 Å². The molecule has 0 saturated heterocycles. The maximum absolute atomic E-state index is 7.98. The van der Waals surface area contributed by atoms with E-state index in [2.05, 4.69) is 222 Å². The van der Waals surface area contributed by atoms with Gasteiger partial charge in [-0.05, 0) is 146 Å². The van der Waals surface area contributed by atoms with Gasteiger partial charge in [0.15, 0.2) is 0 Å². The minimum atomic E-state index is 0.163. The Bertz CT molecular complexity index is 3700. The molecule has 0 bridgehead atoms. The van der Waals surface area contributed by atoms with Crippen LogP contribution < -0.4 is 10.6 Å². The molecular weight excluding hydrogens is 815 g/mol. The summed E-state index contributed by atoms with van der Waals surface area (Å²) in [6.45, 7) is 6.53. The molecule has 4 nitrogen and oxygen atoms in total. The molecule has 3 N–H and O–H groups in total. The number of anilines is 3. The van der Waals surface area contributed by atoms with Gasteiger partial charge >= 0.3 is 0 Å². The Morgan fingerprint density at radius 2 is 1.31 bits per heavy atom. The zero-order valence-electron chi connectivity index (χ0n) is 37.4. The number of rotatable bonds is 6. The Labute approximate surface area is 391 Å². The van der Waals surface area contributed by atoms with Gasteiger partial charge in [0.1, 0.15) is 0 Å². The summed E-state index contributed by atoms with van der Waals surface area (Å²) in [5.74, 6) is 0. The van der Waals surface area contributed by atoms with Crippen molar-refractivity contribution in [1.29, 1.82) is 0 Å². The molecule has 12 rings (SSSR count). The lowest BCUT2D eigenvalue weighted by Gasteiger charge is -2.25. The second kappa shape index (κ2) is 17.5. The molecule has 1 aliphatic carbocycles. The Balaban J connectivity index is 0.000000941. The van der Waals surface area contributed by atoms with Crippen LogP contribution in [0.3, 0.4) is 0 Å². The van der Waals surface area contributed by atoms with Gasteiger partial charge in [-0.2, -0.15) is 0 Å². The van der Waals surface area contributed by atoms with Crippen LogP contribution in [-0.4, -0.2) is 16.3 Å². The molecule has 2 heterocycles. The van der Waals surface area contributed by atoms with Crippen LogP contribution in [0.25, 0.3) is 82.4 Å². The number of nitrogen functional groups attached to an aromatic ring is 1. The van der Waals surface area contributed by atoms with Gasteiger partial charge in [0.25, 0.3) is 0 Å². The highest BCUT2D eigenvalue weighted by atomic mass is 16.2. The predicted octanol–water partition coefficient (Wildman–Crippen LogP) is 15.8. The molecule has 10 aromatic rings. The number of hydrogen-bond acceptors (Lipinski definition) is 3. The predicted molar refractivity (Wildman–Crippen MR) is 286 cm³/mol. The van der Waals surface area contributed by atoms with Crippen LogP contribution in [0, 0.1) is 0 Å². The monoisotopic (exact) mass is 863 g/mol. The first-order valence-corrected chi connectivity index (χ1v) is 22.9. The first-order chi connectivity index (χ1) is 33.0. The minimum absolute atomic E-state index is 0.163. The Hall–Kier alpha value is -8.44. The Morgan fingerprint density at radius 1 is 0.582 bits per heavy atom. The van der Waals surface area contributed by atoms with E-state index in [-0.39, 0.29) is 6.61 Å². The van der Waals surface area contributed by atoms with Crippen LogP contribution in [0.1, 0.15) is 29.2 Å². The van der Waals surface area contributed by atoms with Crippen LogP contribution in [-0.2, 0) is 6.42 Å². The maximum atomic E-state index is 7.98. The van der Waals surface area contributed by atoms with E-state index in [1.54, 1.807) is 12.2 Å². The molecule has 9 aromatic carbocycles. The lowest BCUT2D eigenvalue weighted by molar-refractivity contribution is 0.342. The molecule has 0 unspecified atom stereocenters. The van der Waals surface area contributed by atoms with Crippen molar-refractivity contribution in [2.24, 2.45) is 0 Å². The number of hydrogen-bond donors (Lipinski definition) is 2. The quantitative estimate of drug-likeness (QED) is 0.129. The van der Waals surface area contributed by atoms with Crippen molar-refractivity contribution < 1.29 is 5.11 Å². The summed E-state index contributed by atoms with van der Waals surface area (Å²) in [7, 11) is 0. The molecular formula is C63H49N3O. The third-order valence-corrected chi connectivity index (χ3v) is 13.2. The van der Waals surface area contributed by atoms with Gasteiger partial charge in [-0.3, -0.25) is 0 Å². The number of fused-ring (bicyclic) bond motifs is 10. The summed E-state index contributed by atoms with van der Waals surface area (Å²) in [5.41, 5.74) is 24.9. The first kappa shape index (κ1) is 41.3. The van der Waals surface area contributed by atoms with Crippen LogP contribution >= 0.6 is 0 Å². The molecule has 2 aliphatic rings. The third kappa shape index (κ3) is 7.44. The molecule has 0 amide bonds. The molecule has 1 aliphatic heterocycles. The Kier molecular flexibility index (Phi) is 10.8. The number of para-hydroxylation sites is 1. The van der Waals surface area contributed by atoms with Gasteiger partial charge < -0.3 is 20.3 Å². The van der Waals surface area contributed by atoms with Gasteiger partial charge in [0, 0.05) is 45.2 Å². The number of aliphatic hydroxyl groups excluding tert-OH is 1. The van der Waals surface area contributed by atoms with Gasteiger partial charge in [0.05, 0.1) is 23.3 Å². The molecule has 0 spiro atoms. The number of nitrogens with zero attached hydrogens (tertiary/aromatic N) is 2. The van der Waals surface area contributed by atoms with Crippen molar-refractivity contribution in [3.05, 3.63) is 253 Å². The van der Waals surface area contributed by atoms with Gasteiger partial charge in [-0.15, -0.1) is 0 Å². The highest BCUT2D eigenvalue weighted by Crippen LogP contribution is 2.47. The summed E-state index contributed by atoms with van der Waals surface area (Å²) in [5, 5.41) is 15.4. The fourth-order valence-electron chi connectivity index (χ4n) is 9.99. The highest BCUT2D eigenvalue weighted by Gasteiger charge is 2.25. The zero-order chi connectivity index (χ0) is 45.4. The SMILES string of the molecule is C/C=C\CO.C=C1/C=C\C=C/N(c2ccccc2)c2ccc(-c3ccc4c(c3)c3c5ccccc5ccc3n4-c3ccc4cc(C/C=C5/c6ccccc6-c6cccc(N)c65)ccc4c3)cc21. The molecule has 1 aromatic heterocycles. The summed E-state index contributed by atoms with van der Waals surface area (Å²) < 4.78 is 2.44. The first-order valence-electron chi connectivity index (χ1n) is 22.9. The Morgan fingerprint density at radius 3 is 2.16 bits per heavy atom. The van der Waals surface area contributed by atoms with E-state index >= 15 is 0 Å². The highest BCUT2D eigenvalue weighted by molar-refractivity contribution is 6.22. The molecule has 0 saturated carbocycles. The standard InChI is InChI=1S/C59H41N3.C4H8O/c1-38-12-9-10-33-61(45-14-3-2-4-15-45)55-30-26-43(36-52(38)55)44-27-31-56-53(37-44)59-47-16-6-5-13-40(47)25-32-57(59)62(56)46-28-24-41-34-39(21-23-42(41)35-46)22-29-51-49-18-8-7-17-48(49)50-19-11-20-54(60)58(50)51;1-2-3-4-5/h2-21,23-37H,1,22,60H2;2-3,5H,4H2,1H3/b12-9-,33-10-,51-29-;3-2-. The summed E-state index contributed by atoms with van der Waals surface area (Å²) >= 11 is 0. The van der Waals surface area contributed by atoms with Crippen LogP contribution in [0.5, 0.6) is 0 Å². The number of allylic oxidation sites excluding steroid dienone is 6. The average Bonchev–Trinajstić information content (AvgIpc) is 3.88. The van der Waals surface area contributed by atoms with E-state index in [1.165, 1.54) is 76.7 Å². The number of aliphatic hydroxyl groups is 1. The topological polar surface area (TPSA) is 54.4 Å². The number of aromatic nitrogens is 1. The van der Waals surface area contributed by atoms with E-state index in [9.17, 15) is 0 Å². The maximum Gasteiger partial charge on any atom is 0.0612 e. The summed E-state index contributed by atoms with van der Waals surface area (Å²) in [6, 6.07) is 66.2. The van der Waals surface area contributed by atoms with Crippen molar-refractivity contribution in [1.82, 2.24) is 4.57 Å². The fraction of sp³-hybridized carbons (Fsp3) is 0.0476. The normalized spacial score (nSPS) is 14.5. The molecule has 0 fully saturated rings. The summed E-state index contributed by atoms with van der Waals surface area (Å²) in [4.78, 5) is 2.24. The zero-order valence-corrected chi connectivity index (χ0v) is 37.4. The second-order valence-electron chi connectivity index (χ2n) is 17.2. The van der Waals surface area contributed by atoms with Crippen molar-refractivity contribution >= 4 is 71.6 Å². The fourth-order valence-corrected chi connectivity index (χ4v) is 9.99. The van der Waals surface area contributed by atoms with Gasteiger partial charge in [0.2, 0.25) is 0 Å². The smallest absolute Gasteiger partial charge is 0.0612 e. The van der Waals surface area contributed by atoms with E-state index in [4.69, 9.17) is 10.8 Å². The lowest BCUT2D eigenvalue weighted by Crippen LogP contribution is -2.11. The van der Waals surface area contributed by atoms with Crippen molar-refractivity contribution in [2.45, 2.75) is 13.3 Å². The summed E-state index contributed by atoms with van der Waals surface area (Å²) in [6.07, 6.45) is 15.0. The van der Waals surface area contributed by atoms with Gasteiger partial charge in [-0.25, -0.2) is 0 Å². The molecule has 0 atom stereocenters. The minimum Gasteiger partial charge on any atom is -0.398 e. The number of nitrogens with two attached hydrogens (primary N) is 1. The van der Waals surface area contributed by atoms with E-state index in [0.29, 0.717) is 0 Å². The molecule has 4 heteroatoms. The average molecular weight is 864 g/mol. The molecule has 322 valence electrons. The lowest BCUT2D eigenvalue weighted by atomic mass is 9.95. The van der Waals surface area contributed by atoms with E-state index in [0.717, 1.165) is 51.4 Å². The van der Waals surface area contributed by atoms with Crippen LogP contribution in [0.15, 0.2) is 231 Å². The van der Waals surface area contributed by atoms with Crippen molar-refractivity contribution in [3.8, 4) is 27.9 Å². The van der Waals surface area contributed by atoms with Crippen LogP contribution in [0.4, 0.5) is 17.1 Å². The van der Waals surface area contributed by atoms with E-state index in [1.807, 2.05) is 13.0 Å². The van der Waals surface area contributed by atoms with E-state index < -0.39 is 0 Å². The van der Waals surface area contributed by atoms with Crippen molar-refractivity contribution in [3.63, 3.8) is 0 Å². The number of benzene rings is 9. The molecule has 67 heavy (non-hydrogen) atoms. The molecule has 0 radical (unpaired) electrons.